The first-order valence-corrected chi connectivity index (χ1v) is 29.4. The van der Waals surface area contributed by atoms with Crippen LogP contribution in [0, 0.1) is 0 Å². The number of fused-ring (bicyclic) bond motifs is 8. The van der Waals surface area contributed by atoms with Crippen LogP contribution in [-0.2, 0) is 10.8 Å². The highest BCUT2D eigenvalue weighted by molar-refractivity contribution is 7.02. The van der Waals surface area contributed by atoms with Gasteiger partial charge in [-0.15, -0.1) is 0 Å². The van der Waals surface area contributed by atoms with Crippen LogP contribution in [0.4, 0.5) is 34.1 Å². The number of aromatic nitrogens is 1. The van der Waals surface area contributed by atoms with Crippen molar-refractivity contribution in [2.75, 3.05) is 9.80 Å². The van der Waals surface area contributed by atoms with Crippen LogP contribution in [0.2, 0.25) is 0 Å². The summed E-state index contributed by atoms with van der Waals surface area (Å²) in [4.78, 5) is 4.71. The molecule has 0 bridgehead atoms. The monoisotopic (exact) mass is 1080 g/mol. The van der Waals surface area contributed by atoms with E-state index in [2.05, 4.69) is 317 Å². The fraction of sp³-hybridized carbons (Fsp3) is 0.100. The Kier molecular flexibility index (Phi) is 11.3. The first-order chi connectivity index (χ1) is 42.2. The molecule has 0 N–H and O–H groups in total. The SMILES string of the molecule is [2H]c1c([2H])c2c3c(c1[2H])N(c1c(-c4ccccc4)cc(C(C)(C)C)cc1-c1ccccc1)c1ccc4c(c1B3c1ccc(-c3ccccc3)cc1N2c1c(-c2ccccc2)cc(C(C)(C)C)cc1-c1ccccc1)c1ccccc1n4-c1ccccc1. The van der Waals surface area contributed by atoms with Gasteiger partial charge in [-0.25, -0.2) is 0 Å². The van der Waals surface area contributed by atoms with Gasteiger partial charge in [0.15, 0.2) is 0 Å². The molecule has 1 aromatic heterocycles. The van der Waals surface area contributed by atoms with Crippen molar-refractivity contribution in [1.29, 1.82) is 0 Å². The molecule has 0 saturated heterocycles. The van der Waals surface area contributed by atoms with E-state index in [1.165, 1.54) is 11.1 Å². The van der Waals surface area contributed by atoms with Gasteiger partial charge < -0.3 is 14.4 Å². The maximum absolute atomic E-state index is 10.9. The van der Waals surface area contributed by atoms with Gasteiger partial charge in [0.2, 0.25) is 0 Å². The van der Waals surface area contributed by atoms with Crippen LogP contribution in [0.25, 0.3) is 83.1 Å². The second kappa shape index (κ2) is 19.9. The van der Waals surface area contributed by atoms with Crippen LogP contribution >= 0.6 is 0 Å². The number of anilines is 6. The highest BCUT2D eigenvalue weighted by atomic mass is 15.2. The number of para-hydroxylation sites is 2. The van der Waals surface area contributed by atoms with Crippen molar-refractivity contribution in [1.82, 2.24) is 4.57 Å². The molecule has 0 atom stereocenters. The van der Waals surface area contributed by atoms with Gasteiger partial charge in [-0.2, -0.15) is 0 Å². The number of nitrogens with zero attached hydrogens (tertiary/aromatic N) is 3. The molecular weight excluding hydrogens is 1010 g/mol. The minimum atomic E-state index is -0.534. The van der Waals surface area contributed by atoms with Crippen LogP contribution in [0.15, 0.2) is 279 Å². The van der Waals surface area contributed by atoms with Gasteiger partial charge in [0.25, 0.3) is 6.71 Å². The molecule has 0 fully saturated rings. The fourth-order valence-electron chi connectivity index (χ4n) is 13.4. The molecule has 0 spiro atoms. The summed E-state index contributed by atoms with van der Waals surface area (Å²) in [6, 6.07) is 93.6. The topological polar surface area (TPSA) is 11.4 Å². The molecule has 0 aliphatic carbocycles. The molecule has 84 heavy (non-hydrogen) atoms. The molecule has 12 aromatic carbocycles. The molecule has 13 aromatic rings. The third-order valence-corrected chi connectivity index (χ3v) is 17.4. The number of rotatable bonds is 8. The predicted molar refractivity (Wildman–Crippen MR) is 359 cm³/mol. The molecule has 0 amide bonds. The third-order valence-electron chi connectivity index (χ3n) is 17.4. The quantitative estimate of drug-likeness (QED) is 0.141. The minimum absolute atomic E-state index is 0.00177. The molecule has 2 aliphatic heterocycles. The van der Waals surface area contributed by atoms with Gasteiger partial charge >= 0.3 is 0 Å². The summed E-state index contributed by atoms with van der Waals surface area (Å²) in [6.45, 7) is 13.1. The van der Waals surface area contributed by atoms with Crippen LogP contribution in [0.5, 0.6) is 0 Å². The van der Waals surface area contributed by atoms with Gasteiger partial charge in [-0.3, -0.25) is 0 Å². The lowest BCUT2D eigenvalue weighted by Crippen LogP contribution is -2.61. The summed E-state index contributed by atoms with van der Waals surface area (Å²) in [5.41, 5.74) is 23.0. The lowest BCUT2D eigenvalue weighted by molar-refractivity contribution is 0.590. The molecule has 402 valence electrons. The summed E-state index contributed by atoms with van der Waals surface area (Å²) in [6.07, 6.45) is 0. The van der Waals surface area contributed by atoms with Crippen LogP contribution in [0.3, 0.4) is 0 Å². The van der Waals surface area contributed by atoms with E-state index in [-0.39, 0.29) is 29.0 Å². The normalized spacial score (nSPS) is 13.3. The second-order valence-corrected chi connectivity index (χ2v) is 24.6. The van der Waals surface area contributed by atoms with Gasteiger partial charge in [-0.05, 0) is 144 Å². The van der Waals surface area contributed by atoms with Crippen molar-refractivity contribution in [2.45, 2.75) is 52.4 Å². The predicted octanol–water partition coefficient (Wildman–Crippen LogP) is 19.8. The molecule has 3 nitrogen and oxygen atoms in total. The van der Waals surface area contributed by atoms with E-state index in [1.54, 1.807) is 0 Å². The molecule has 0 saturated carbocycles. The molecule has 4 heteroatoms. The molecular formula is C80H64BN3. The Morgan fingerprint density at radius 2 is 0.762 bits per heavy atom. The largest absolute Gasteiger partial charge is 0.310 e. The van der Waals surface area contributed by atoms with E-state index < -0.39 is 6.71 Å². The third kappa shape index (κ3) is 8.34. The van der Waals surface area contributed by atoms with Crippen molar-refractivity contribution in [3.8, 4) is 61.3 Å². The Balaban J connectivity index is 1.19. The zero-order valence-corrected chi connectivity index (χ0v) is 48.2. The summed E-state index contributed by atoms with van der Waals surface area (Å²) in [7, 11) is 0. The van der Waals surface area contributed by atoms with Gasteiger partial charge in [0, 0.05) is 61.5 Å². The van der Waals surface area contributed by atoms with Crippen molar-refractivity contribution in [2.24, 2.45) is 0 Å². The lowest BCUT2D eigenvalue weighted by Gasteiger charge is -2.46. The molecule has 0 unspecified atom stereocenters. The maximum atomic E-state index is 10.9. The van der Waals surface area contributed by atoms with E-state index in [0.29, 0.717) is 11.4 Å². The van der Waals surface area contributed by atoms with E-state index >= 15 is 0 Å². The van der Waals surface area contributed by atoms with Crippen LogP contribution in [-0.4, -0.2) is 11.3 Å². The summed E-state index contributed by atoms with van der Waals surface area (Å²) in [5, 5.41) is 2.19. The Bertz CT molecular complexity index is 4720. The summed E-state index contributed by atoms with van der Waals surface area (Å²) >= 11 is 0. The zero-order chi connectivity index (χ0) is 59.5. The standard InChI is InChI=1S/C80H64BN3/c1-79(2,3)59-49-63(54-30-15-8-16-31-54)77(64(50-59)55-32-17-9-18-33-55)83-70-42-27-43-71-75(70)81(76-72(83)47-46-69-74(76)62-40-25-26-41-68(62)82(69)61-38-23-12-24-39-61)67-45-44-58(53-28-13-7-14-29-53)48-73(67)84(71)78-65(56-34-19-10-20-35-56)51-60(80(4,5)6)52-66(78)57-36-21-11-22-37-57/h7-52H,1-6H3/i27D,42D,43D. The Morgan fingerprint density at radius 1 is 0.345 bits per heavy atom. The van der Waals surface area contributed by atoms with Crippen molar-refractivity contribution < 1.29 is 4.11 Å². The number of hydrogen-bond acceptors (Lipinski definition) is 2. The number of hydrogen-bond donors (Lipinski definition) is 0. The van der Waals surface area contributed by atoms with E-state index in [0.717, 1.165) is 122 Å². The minimum Gasteiger partial charge on any atom is -0.310 e. The Labute approximate surface area is 498 Å². The highest BCUT2D eigenvalue weighted by Gasteiger charge is 2.46. The summed E-state index contributed by atoms with van der Waals surface area (Å²) in [5.74, 6) is 0. The Hall–Kier alpha value is -9.90. The fourth-order valence-corrected chi connectivity index (χ4v) is 13.4. The average molecular weight is 1080 g/mol. The van der Waals surface area contributed by atoms with E-state index in [9.17, 15) is 4.11 Å². The first kappa shape index (κ1) is 47.7. The molecule has 15 rings (SSSR count). The van der Waals surface area contributed by atoms with Crippen LogP contribution in [0.1, 0.15) is 56.8 Å². The lowest BCUT2D eigenvalue weighted by atomic mass is 9.33. The highest BCUT2D eigenvalue weighted by Crippen LogP contribution is 2.55. The van der Waals surface area contributed by atoms with Crippen molar-refractivity contribution in [3.05, 3.63) is 290 Å². The smallest absolute Gasteiger partial charge is 0.253 e. The van der Waals surface area contributed by atoms with Crippen molar-refractivity contribution >= 4 is 79.0 Å². The van der Waals surface area contributed by atoms with Gasteiger partial charge in [-0.1, -0.05) is 248 Å². The number of benzene rings is 12. The molecule has 2 aliphatic rings. The molecule has 3 heterocycles. The summed E-state index contributed by atoms with van der Waals surface area (Å²) < 4.78 is 34.6. The molecule has 0 radical (unpaired) electrons. The van der Waals surface area contributed by atoms with E-state index in [4.69, 9.17) is 0 Å². The second-order valence-electron chi connectivity index (χ2n) is 24.6. The van der Waals surface area contributed by atoms with E-state index in [1.807, 2.05) is 0 Å². The van der Waals surface area contributed by atoms with Gasteiger partial charge in [0.05, 0.1) is 26.5 Å². The van der Waals surface area contributed by atoms with Crippen LogP contribution < -0.4 is 26.2 Å². The van der Waals surface area contributed by atoms with Crippen molar-refractivity contribution in [3.63, 3.8) is 0 Å². The Morgan fingerprint density at radius 3 is 1.23 bits per heavy atom. The first-order valence-electron chi connectivity index (χ1n) is 30.9. The maximum Gasteiger partial charge on any atom is 0.253 e. The average Bonchev–Trinajstić information content (AvgIpc) is 1.58. The van der Waals surface area contributed by atoms with Gasteiger partial charge in [0.1, 0.15) is 0 Å². The zero-order valence-electron chi connectivity index (χ0n) is 51.2.